The van der Waals surface area contributed by atoms with Crippen molar-refractivity contribution < 1.29 is 22.7 Å². The number of methoxy groups -OCH3 is 2. The second-order valence-electron chi connectivity index (χ2n) is 7.75. The van der Waals surface area contributed by atoms with Crippen molar-refractivity contribution in [2.24, 2.45) is 0 Å². The Morgan fingerprint density at radius 2 is 1.67 bits per heavy atom. The van der Waals surface area contributed by atoms with E-state index < -0.39 is 9.84 Å². The number of amides is 1. The molecular weight excluding hydrogens is 462 g/mol. The van der Waals surface area contributed by atoms with Gasteiger partial charge in [-0.1, -0.05) is 29.5 Å². The second kappa shape index (κ2) is 9.96. The molecule has 1 aliphatic heterocycles. The van der Waals surface area contributed by atoms with Gasteiger partial charge in [-0.25, -0.2) is 13.4 Å². The van der Waals surface area contributed by atoms with Crippen LogP contribution in [-0.2, 0) is 14.6 Å². The Bertz CT molecular complexity index is 1180. The first-order valence-corrected chi connectivity index (χ1v) is 13.2. The Morgan fingerprint density at radius 3 is 2.33 bits per heavy atom. The molecule has 0 radical (unpaired) electrons. The van der Waals surface area contributed by atoms with Crippen LogP contribution >= 0.6 is 11.3 Å². The molecule has 0 unspecified atom stereocenters. The van der Waals surface area contributed by atoms with E-state index >= 15 is 0 Å². The number of thiazole rings is 1. The highest BCUT2D eigenvalue weighted by molar-refractivity contribution is 7.91. The highest BCUT2D eigenvalue weighted by Gasteiger charge is 2.25. The van der Waals surface area contributed by atoms with Crippen LogP contribution in [-0.4, -0.2) is 70.4 Å². The van der Waals surface area contributed by atoms with Gasteiger partial charge in [-0.2, -0.15) is 0 Å². The molecule has 10 heteroatoms. The number of aromatic nitrogens is 1. The zero-order chi connectivity index (χ0) is 23.4. The number of carbonyl (C=O) groups excluding carboxylic acids is 1. The largest absolute Gasteiger partial charge is 0.495 e. The average Bonchev–Trinajstić information content (AvgIpc) is 3.29. The lowest BCUT2D eigenvalue weighted by Crippen LogP contribution is -2.48. The molecule has 0 saturated carbocycles. The Labute approximate surface area is 197 Å². The molecule has 0 aliphatic carbocycles. The van der Waals surface area contributed by atoms with Crippen molar-refractivity contribution in [3.63, 3.8) is 0 Å². The predicted molar refractivity (Wildman–Crippen MR) is 129 cm³/mol. The summed E-state index contributed by atoms with van der Waals surface area (Å²) < 4.78 is 36.6. The minimum atomic E-state index is -3.36. The maximum Gasteiger partial charge on any atom is 0.222 e. The van der Waals surface area contributed by atoms with Gasteiger partial charge in [-0.15, -0.1) is 0 Å². The number of hydrogen-bond donors (Lipinski definition) is 0. The third kappa shape index (κ3) is 5.06. The molecule has 1 fully saturated rings. The maximum atomic E-state index is 12.6. The maximum absolute atomic E-state index is 12.6. The molecule has 8 nitrogen and oxygen atoms in total. The van der Waals surface area contributed by atoms with E-state index in [9.17, 15) is 13.2 Å². The summed E-state index contributed by atoms with van der Waals surface area (Å²) in [7, 11) is -0.106. The van der Waals surface area contributed by atoms with Crippen LogP contribution in [0.15, 0.2) is 47.4 Å². The van der Waals surface area contributed by atoms with E-state index in [1.54, 1.807) is 60.8 Å². The van der Waals surface area contributed by atoms with Crippen LogP contribution in [0.2, 0.25) is 0 Å². The Morgan fingerprint density at radius 1 is 1.00 bits per heavy atom. The van der Waals surface area contributed by atoms with Crippen molar-refractivity contribution in [1.82, 2.24) is 9.88 Å². The van der Waals surface area contributed by atoms with Crippen molar-refractivity contribution >= 4 is 42.4 Å². The van der Waals surface area contributed by atoms with E-state index in [4.69, 9.17) is 14.5 Å². The van der Waals surface area contributed by atoms with Gasteiger partial charge >= 0.3 is 0 Å². The van der Waals surface area contributed by atoms with Crippen LogP contribution in [0.5, 0.6) is 11.5 Å². The minimum absolute atomic E-state index is 0.00875. The van der Waals surface area contributed by atoms with Crippen LogP contribution in [0.1, 0.15) is 12.8 Å². The van der Waals surface area contributed by atoms with Gasteiger partial charge in [0.25, 0.3) is 0 Å². The normalized spacial score (nSPS) is 14.5. The fourth-order valence-corrected chi connectivity index (χ4v) is 6.33. The molecule has 0 bridgehead atoms. The first-order chi connectivity index (χ1) is 15.9. The summed E-state index contributed by atoms with van der Waals surface area (Å²) in [5.41, 5.74) is 0.773. The first-order valence-electron chi connectivity index (χ1n) is 10.7. The smallest absolute Gasteiger partial charge is 0.222 e. The van der Waals surface area contributed by atoms with Gasteiger partial charge in [0.05, 0.1) is 24.9 Å². The van der Waals surface area contributed by atoms with Gasteiger partial charge in [0.15, 0.2) is 15.0 Å². The number of sulfone groups is 1. The van der Waals surface area contributed by atoms with Gasteiger partial charge in [-0.3, -0.25) is 4.79 Å². The van der Waals surface area contributed by atoms with Gasteiger partial charge < -0.3 is 19.3 Å². The minimum Gasteiger partial charge on any atom is -0.495 e. The monoisotopic (exact) mass is 489 g/mol. The Hall–Kier alpha value is -2.85. The number of anilines is 1. The van der Waals surface area contributed by atoms with Gasteiger partial charge in [0.1, 0.15) is 21.7 Å². The van der Waals surface area contributed by atoms with Crippen molar-refractivity contribution in [2.75, 3.05) is 51.1 Å². The van der Waals surface area contributed by atoms with Crippen LogP contribution in [0, 0.1) is 0 Å². The quantitative estimate of drug-likeness (QED) is 0.480. The van der Waals surface area contributed by atoms with Gasteiger partial charge in [0.2, 0.25) is 5.91 Å². The molecule has 1 aromatic heterocycles. The zero-order valence-electron chi connectivity index (χ0n) is 18.7. The summed E-state index contributed by atoms with van der Waals surface area (Å²) in [6.07, 6.45) is 0.537. The van der Waals surface area contributed by atoms with E-state index in [0.717, 1.165) is 21.1 Å². The molecule has 1 aliphatic rings. The van der Waals surface area contributed by atoms with E-state index in [0.29, 0.717) is 43.2 Å². The number of benzene rings is 2. The number of carbonyl (C=O) groups is 1. The Balaban J connectivity index is 1.33. The molecule has 2 heterocycles. The number of rotatable bonds is 8. The molecule has 0 N–H and O–H groups in total. The third-order valence-electron chi connectivity index (χ3n) is 5.71. The molecule has 1 saturated heterocycles. The summed E-state index contributed by atoms with van der Waals surface area (Å²) in [5.74, 6) is 1.42. The van der Waals surface area contributed by atoms with E-state index in [1.165, 1.54) is 0 Å². The summed E-state index contributed by atoms with van der Waals surface area (Å²) in [4.78, 5) is 21.7. The average molecular weight is 490 g/mol. The molecule has 1 amide bonds. The van der Waals surface area contributed by atoms with E-state index in [1.807, 2.05) is 12.1 Å². The number of hydrogen-bond acceptors (Lipinski definition) is 8. The topological polar surface area (TPSA) is 89.0 Å². The molecular formula is C23H27N3O5S2. The number of piperazine rings is 1. The zero-order valence-corrected chi connectivity index (χ0v) is 20.3. The SMILES string of the molecule is COc1ccc(OC)c2sc(N3CCN(C(=O)CCCS(=O)(=O)c4ccccc4)CC3)nc12. The van der Waals surface area contributed by atoms with Crippen LogP contribution < -0.4 is 14.4 Å². The van der Waals surface area contributed by atoms with Crippen molar-refractivity contribution in [3.05, 3.63) is 42.5 Å². The highest BCUT2D eigenvalue weighted by atomic mass is 32.2. The lowest BCUT2D eigenvalue weighted by Gasteiger charge is -2.34. The van der Waals surface area contributed by atoms with Crippen LogP contribution in [0.25, 0.3) is 10.2 Å². The van der Waals surface area contributed by atoms with E-state index in [-0.39, 0.29) is 18.1 Å². The lowest BCUT2D eigenvalue weighted by atomic mass is 10.2. The summed E-state index contributed by atoms with van der Waals surface area (Å²) in [6, 6.07) is 12.1. The van der Waals surface area contributed by atoms with Crippen LogP contribution in [0.3, 0.4) is 0 Å². The lowest BCUT2D eigenvalue weighted by molar-refractivity contribution is -0.131. The molecule has 0 atom stereocenters. The summed E-state index contributed by atoms with van der Waals surface area (Å²) in [5, 5.41) is 0.869. The number of nitrogens with zero attached hydrogens (tertiary/aromatic N) is 3. The number of ether oxygens (including phenoxy) is 2. The standard InChI is InChI=1S/C23H27N3O5S2/c1-30-18-10-11-19(31-2)22-21(18)24-23(32-22)26-14-12-25(13-15-26)20(27)9-6-16-33(28,29)17-7-4-3-5-8-17/h3-5,7-8,10-11H,6,9,12-16H2,1-2H3. The van der Waals surface area contributed by atoms with Crippen molar-refractivity contribution in [1.29, 1.82) is 0 Å². The van der Waals surface area contributed by atoms with Gasteiger partial charge in [0, 0.05) is 32.6 Å². The van der Waals surface area contributed by atoms with Crippen molar-refractivity contribution in [2.45, 2.75) is 17.7 Å². The second-order valence-corrected chi connectivity index (χ2v) is 10.8. The molecule has 2 aromatic carbocycles. The predicted octanol–water partition coefficient (Wildman–Crippen LogP) is 3.22. The Kier molecular flexibility index (Phi) is 7.04. The number of fused-ring (bicyclic) bond motifs is 1. The molecule has 0 spiro atoms. The first kappa shape index (κ1) is 23.3. The van der Waals surface area contributed by atoms with E-state index in [2.05, 4.69) is 4.90 Å². The highest BCUT2D eigenvalue weighted by Crippen LogP contribution is 2.40. The summed E-state index contributed by atoms with van der Waals surface area (Å²) in [6.45, 7) is 2.49. The van der Waals surface area contributed by atoms with Crippen LogP contribution in [0.4, 0.5) is 5.13 Å². The van der Waals surface area contributed by atoms with Crippen molar-refractivity contribution in [3.8, 4) is 11.5 Å². The molecule has 33 heavy (non-hydrogen) atoms. The summed E-state index contributed by atoms with van der Waals surface area (Å²) >= 11 is 1.55. The van der Waals surface area contributed by atoms with Gasteiger partial charge in [-0.05, 0) is 30.7 Å². The fraction of sp³-hybridized carbons (Fsp3) is 0.391. The third-order valence-corrected chi connectivity index (χ3v) is 8.66. The molecule has 4 rings (SSSR count). The molecule has 176 valence electrons. The fourth-order valence-electron chi connectivity index (χ4n) is 3.87. The molecule has 3 aromatic rings.